The summed E-state index contributed by atoms with van der Waals surface area (Å²) in [5.74, 6) is 1.32. The largest absolute Gasteiger partial charge is 0.483 e. The highest BCUT2D eigenvalue weighted by atomic mass is 35.5. The van der Waals surface area contributed by atoms with Gasteiger partial charge in [0.25, 0.3) is 5.91 Å². The maximum atomic E-state index is 11.9. The van der Waals surface area contributed by atoms with E-state index in [1.807, 2.05) is 32.0 Å². The lowest BCUT2D eigenvalue weighted by Crippen LogP contribution is -2.24. The number of carbonyl (C=O) groups is 1. The Bertz CT molecular complexity index is 1030. The lowest BCUT2D eigenvalue weighted by atomic mass is 10.1. The van der Waals surface area contributed by atoms with Gasteiger partial charge in [0.1, 0.15) is 17.3 Å². The lowest BCUT2D eigenvalue weighted by molar-refractivity contribution is -0.123. The lowest BCUT2D eigenvalue weighted by Gasteiger charge is -2.09. The molecule has 0 atom stereocenters. The maximum Gasteiger partial charge on any atom is 0.277 e. The van der Waals surface area contributed by atoms with Crippen molar-refractivity contribution < 1.29 is 13.9 Å². The van der Waals surface area contributed by atoms with Gasteiger partial charge in [-0.3, -0.25) is 4.79 Å². The minimum atomic E-state index is -0.373. The zero-order chi connectivity index (χ0) is 20.1. The van der Waals surface area contributed by atoms with Crippen LogP contribution in [0.15, 0.2) is 58.0 Å². The summed E-state index contributed by atoms with van der Waals surface area (Å²) in [6, 6.07) is 14.5. The van der Waals surface area contributed by atoms with Crippen molar-refractivity contribution in [3.8, 4) is 17.1 Å². The number of carbonyl (C=O) groups excluding carboxylic acids is 1. The maximum absolute atomic E-state index is 11.9. The number of amides is 1. The van der Waals surface area contributed by atoms with E-state index < -0.39 is 0 Å². The second kappa shape index (κ2) is 8.95. The first-order valence-corrected chi connectivity index (χ1v) is 9.26. The van der Waals surface area contributed by atoms with Crippen LogP contribution >= 0.6 is 23.2 Å². The molecule has 0 spiro atoms. The van der Waals surface area contributed by atoms with Crippen molar-refractivity contribution in [1.82, 2.24) is 5.43 Å². The van der Waals surface area contributed by atoms with E-state index in [4.69, 9.17) is 32.4 Å². The molecule has 3 rings (SSSR count). The van der Waals surface area contributed by atoms with Gasteiger partial charge in [0.15, 0.2) is 6.61 Å². The molecule has 0 aliphatic rings. The van der Waals surface area contributed by atoms with Gasteiger partial charge < -0.3 is 9.15 Å². The number of benzene rings is 2. The van der Waals surface area contributed by atoms with Gasteiger partial charge in [-0.1, -0.05) is 41.4 Å². The van der Waals surface area contributed by atoms with E-state index in [0.29, 0.717) is 32.9 Å². The molecule has 1 aromatic heterocycles. The van der Waals surface area contributed by atoms with Gasteiger partial charge in [0.2, 0.25) is 0 Å². The van der Waals surface area contributed by atoms with Crippen LogP contribution in [0.2, 0.25) is 10.0 Å². The SMILES string of the molecule is Cc1cccc(OCC(=O)NN=Cc2ccc(-c3cccc(Cl)c3Cl)o2)c1C. The number of hydrogen-bond donors (Lipinski definition) is 1. The van der Waals surface area contributed by atoms with E-state index in [9.17, 15) is 4.79 Å². The fourth-order valence-corrected chi connectivity index (χ4v) is 2.88. The van der Waals surface area contributed by atoms with Gasteiger partial charge in [-0.15, -0.1) is 0 Å². The summed E-state index contributed by atoms with van der Waals surface area (Å²) in [4.78, 5) is 11.9. The Morgan fingerprint density at radius 2 is 1.93 bits per heavy atom. The second-order valence-corrected chi connectivity index (χ2v) is 6.87. The first-order chi connectivity index (χ1) is 13.5. The van der Waals surface area contributed by atoms with Crippen LogP contribution in [0.3, 0.4) is 0 Å². The van der Waals surface area contributed by atoms with Gasteiger partial charge in [-0.2, -0.15) is 5.10 Å². The van der Waals surface area contributed by atoms with Crippen molar-refractivity contribution in [2.45, 2.75) is 13.8 Å². The number of rotatable bonds is 6. The number of aryl methyl sites for hydroxylation is 1. The standard InChI is InChI=1S/C21H18Cl2N2O3/c1-13-5-3-8-18(14(13)2)27-12-20(26)25-24-11-15-9-10-19(28-15)16-6-4-7-17(22)21(16)23/h3-11H,12H2,1-2H3,(H,25,26). The number of hydrogen-bond acceptors (Lipinski definition) is 4. The molecule has 1 N–H and O–H groups in total. The highest BCUT2D eigenvalue weighted by Crippen LogP contribution is 2.34. The number of hydrazone groups is 1. The van der Waals surface area contributed by atoms with E-state index in [2.05, 4.69) is 10.5 Å². The summed E-state index contributed by atoms with van der Waals surface area (Å²) in [6.07, 6.45) is 1.40. The summed E-state index contributed by atoms with van der Waals surface area (Å²) >= 11 is 12.2. The van der Waals surface area contributed by atoms with Gasteiger partial charge >= 0.3 is 0 Å². The summed E-state index contributed by atoms with van der Waals surface area (Å²) in [7, 11) is 0. The fourth-order valence-electron chi connectivity index (χ4n) is 2.49. The molecule has 0 fully saturated rings. The molecule has 1 heterocycles. The van der Waals surface area contributed by atoms with Crippen molar-refractivity contribution >= 4 is 35.3 Å². The molecule has 7 heteroatoms. The number of furan rings is 1. The molecule has 2 aromatic carbocycles. The summed E-state index contributed by atoms with van der Waals surface area (Å²) in [5, 5.41) is 4.75. The Labute approximate surface area is 172 Å². The Hall–Kier alpha value is -2.76. The van der Waals surface area contributed by atoms with E-state index in [0.717, 1.165) is 11.1 Å². The van der Waals surface area contributed by atoms with Crippen LogP contribution in [0.4, 0.5) is 0 Å². The predicted octanol–water partition coefficient (Wildman–Crippen LogP) is 5.40. The van der Waals surface area contributed by atoms with E-state index in [-0.39, 0.29) is 12.5 Å². The number of nitrogens with one attached hydrogen (secondary N) is 1. The van der Waals surface area contributed by atoms with Gasteiger partial charge in [0, 0.05) is 5.56 Å². The smallest absolute Gasteiger partial charge is 0.277 e. The predicted molar refractivity (Wildman–Crippen MR) is 111 cm³/mol. The molecule has 0 saturated heterocycles. The van der Waals surface area contributed by atoms with Crippen molar-refractivity contribution in [2.75, 3.05) is 6.61 Å². The Morgan fingerprint density at radius 1 is 1.14 bits per heavy atom. The molecule has 28 heavy (non-hydrogen) atoms. The highest BCUT2D eigenvalue weighted by molar-refractivity contribution is 6.43. The van der Waals surface area contributed by atoms with E-state index in [1.54, 1.807) is 30.3 Å². The van der Waals surface area contributed by atoms with Crippen LogP contribution in [0.5, 0.6) is 5.75 Å². The molecule has 5 nitrogen and oxygen atoms in total. The van der Waals surface area contributed by atoms with Gasteiger partial charge in [-0.05, 0) is 55.3 Å². The normalized spacial score (nSPS) is 11.0. The molecule has 144 valence electrons. The van der Waals surface area contributed by atoms with Crippen molar-refractivity contribution in [1.29, 1.82) is 0 Å². The average molecular weight is 417 g/mol. The van der Waals surface area contributed by atoms with Crippen molar-refractivity contribution in [2.24, 2.45) is 5.10 Å². The van der Waals surface area contributed by atoms with Crippen molar-refractivity contribution in [3.63, 3.8) is 0 Å². The quantitative estimate of drug-likeness (QED) is 0.432. The molecule has 0 aliphatic carbocycles. The average Bonchev–Trinajstić information content (AvgIpc) is 3.14. The fraction of sp³-hybridized carbons (Fsp3) is 0.143. The van der Waals surface area contributed by atoms with Gasteiger partial charge in [-0.25, -0.2) is 5.43 Å². The van der Waals surface area contributed by atoms with Crippen molar-refractivity contribution in [3.05, 3.63) is 75.5 Å². The minimum absolute atomic E-state index is 0.136. The number of ether oxygens (including phenoxy) is 1. The van der Waals surface area contributed by atoms with Crippen LogP contribution in [-0.2, 0) is 4.79 Å². The molecule has 0 saturated carbocycles. The highest BCUT2D eigenvalue weighted by Gasteiger charge is 2.10. The van der Waals surface area contributed by atoms with Crippen LogP contribution in [0, 0.1) is 13.8 Å². The third-order valence-electron chi connectivity index (χ3n) is 4.14. The van der Waals surface area contributed by atoms with Crippen LogP contribution in [0.1, 0.15) is 16.9 Å². The minimum Gasteiger partial charge on any atom is -0.483 e. The zero-order valence-corrected chi connectivity index (χ0v) is 16.8. The molecular formula is C21H18Cl2N2O3. The van der Waals surface area contributed by atoms with Crippen LogP contribution in [0.25, 0.3) is 11.3 Å². The molecule has 0 radical (unpaired) electrons. The summed E-state index contributed by atoms with van der Waals surface area (Å²) < 4.78 is 11.2. The zero-order valence-electron chi connectivity index (χ0n) is 15.3. The van der Waals surface area contributed by atoms with Crippen LogP contribution in [-0.4, -0.2) is 18.7 Å². The Morgan fingerprint density at radius 3 is 2.75 bits per heavy atom. The van der Waals surface area contributed by atoms with Gasteiger partial charge in [0.05, 0.1) is 16.3 Å². The molecular weight excluding hydrogens is 399 g/mol. The third kappa shape index (κ3) is 4.74. The monoisotopic (exact) mass is 416 g/mol. The van der Waals surface area contributed by atoms with Crippen LogP contribution < -0.4 is 10.2 Å². The molecule has 1 amide bonds. The summed E-state index contributed by atoms with van der Waals surface area (Å²) in [5.41, 5.74) is 5.19. The Kier molecular flexibility index (Phi) is 6.39. The first kappa shape index (κ1) is 20.0. The number of nitrogens with zero attached hydrogens (tertiary/aromatic N) is 1. The molecule has 0 unspecified atom stereocenters. The van der Waals surface area contributed by atoms with E-state index >= 15 is 0 Å². The number of halogens is 2. The third-order valence-corrected chi connectivity index (χ3v) is 4.96. The summed E-state index contributed by atoms with van der Waals surface area (Å²) in [6.45, 7) is 3.80. The second-order valence-electron chi connectivity index (χ2n) is 6.08. The molecule has 0 bridgehead atoms. The first-order valence-electron chi connectivity index (χ1n) is 8.51. The topological polar surface area (TPSA) is 63.8 Å². The molecule has 3 aromatic rings. The Balaban J connectivity index is 1.56. The molecule has 0 aliphatic heterocycles. The van der Waals surface area contributed by atoms with E-state index in [1.165, 1.54) is 6.21 Å².